The molecule has 0 aromatic heterocycles. The average molecular weight is 318 g/mol. The van der Waals surface area contributed by atoms with Crippen molar-refractivity contribution in [2.24, 2.45) is 11.7 Å². The molecule has 2 rings (SSSR count). The molecule has 0 bridgehead atoms. The molecule has 0 spiro atoms. The van der Waals surface area contributed by atoms with Crippen LogP contribution in [-0.4, -0.2) is 0 Å². The Bertz CT molecular complexity index is 548. The molecule has 0 heterocycles. The highest BCUT2D eigenvalue weighted by atomic mass is 79.9. The molecule has 2 aromatic carbocycles. The second-order valence-corrected chi connectivity index (χ2v) is 6.29. The van der Waals surface area contributed by atoms with E-state index in [9.17, 15) is 0 Å². The highest BCUT2D eigenvalue weighted by Gasteiger charge is 2.10. The third kappa shape index (κ3) is 3.92. The van der Waals surface area contributed by atoms with Gasteiger partial charge in [0.1, 0.15) is 0 Å². The summed E-state index contributed by atoms with van der Waals surface area (Å²) >= 11 is 3.49. The Morgan fingerprint density at radius 1 is 1.00 bits per heavy atom. The first-order valence-electron chi connectivity index (χ1n) is 6.66. The summed E-state index contributed by atoms with van der Waals surface area (Å²) in [5, 5.41) is 0. The van der Waals surface area contributed by atoms with Crippen molar-refractivity contribution in [2.75, 3.05) is 0 Å². The third-order valence-corrected chi connectivity index (χ3v) is 3.66. The van der Waals surface area contributed by atoms with Gasteiger partial charge in [-0.25, -0.2) is 0 Å². The van der Waals surface area contributed by atoms with Gasteiger partial charge in [-0.2, -0.15) is 0 Å². The van der Waals surface area contributed by atoms with Crippen LogP contribution in [0.3, 0.4) is 0 Å². The lowest BCUT2D eigenvalue weighted by atomic mass is 9.95. The van der Waals surface area contributed by atoms with E-state index in [4.69, 9.17) is 5.73 Å². The number of benzene rings is 2. The number of nitrogens with two attached hydrogens (primary N) is 1. The normalized spacial score (nSPS) is 12.7. The van der Waals surface area contributed by atoms with Gasteiger partial charge in [0, 0.05) is 4.47 Å². The molecule has 2 aromatic rings. The monoisotopic (exact) mass is 317 g/mol. The first-order chi connectivity index (χ1) is 9.06. The van der Waals surface area contributed by atoms with E-state index in [-0.39, 0.29) is 6.04 Å². The molecular formula is C17H20BrN. The van der Waals surface area contributed by atoms with Crippen molar-refractivity contribution in [1.82, 2.24) is 0 Å². The van der Waals surface area contributed by atoms with E-state index < -0.39 is 0 Å². The maximum absolute atomic E-state index is 6.36. The lowest BCUT2D eigenvalue weighted by Gasteiger charge is -2.15. The second kappa shape index (κ2) is 6.36. The Kier molecular flexibility index (Phi) is 4.78. The average Bonchev–Trinajstić information content (AvgIpc) is 2.37. The largest absolute Gasteiger partial charge is 0.320 e. The van der Waals surface area contributed by atoms with E-state index in [1.165, 1.54) is 11.1 Å². The first kappa shape index (κ1) is 14.3. The quantitative estimate of drug-likeness (QED) is 0.869. The molecule has 1 atom stereocenters. The van der Waals surface area contributed by atoms with E-state index >= 15 is 0 Å². The summed E-state index contributed by atoms with van der Waals surface area (Å²) in [6.07, 6.45) is 1.10. The molecule has 1 nitrogen and oxygen atoms in total. The molecular weight excluding hydrogens is 298 g/mol. The minimum absolute atomic E-state index is 0.0652. The van der Waals surface area contributed by atoms with Crippen molar-refractivity contribution in [3.05, 3.63) is 69.7 Å². The van der Waals surface area contributed by atoms with Gasteiger partial charge in [0.15, 0.2) is 0 Å². The van der Waals surface area contributed by atoms with Crippen LogP contribution in [0.1, 0.15) is 36.6 Å². The Balaban J connectivity index is 2.26. The Labute approximate surface area is 124 Å². The topological polar surface area (TPSA) is 26.0 Å². The molecule has 0 saturated heterocycles. The van der Waals surface area contributed by atoms with Crippen LogP contribution in [0.2, 0.25) is 0 Å². The van der Waals surface area contributed by atoms with Crippen molar-refractivity contribution in [1.29, 1.82) is 0 Å². The van der Waals surface area contributed by atoms with Crippen LogP contribution >= 0.6 is 15.9 Å². The molecule has 1 unspecified atom stereocenters. The van der Waals surface area contributed by atoms with Crippen LogP contribution in [0.4, 0.5) is 0 Å². The number of halogens is 1. The van der Waals surface area contributed by atoms with E-state index in [2.05, 4.69) is 66.2 Å². The van der Waals surface area contributed by atoms with Crippen LogP contribution in [0.15, 0.2) is 53.0 Å². The summed E-state index contributed by atoms with van der Waals surface area (Å²) in [5.41, 5.74) is 10.0. The Morgan fingerprint density at radius 2 is 1.63 bits per heavy atom. The Hall–Kier alpha value is -1.12. The van der Waals surface area contributed by atoms with Gasteiger partial charge in [-0.3, -0.25) is 0 Å². The summed E-state index contributed by atoms with van der Waals surface area (Å²) in [7, 11) is 0. The van der Waals surface area contributed by atoms with E-state index in [0.29, 0.717) is 5.92 Å². The van der Waals surface area contributed by atoms with Gasteiger partial charge in [-0.15, -0.1) is 0 Å². The molecule has 0 fully saturated rings. The van der Waals surface area contributed by atoms with Gasteiger partial charge in [-0.1, -0.05) is 66.2 Å². The molecule has 0 aliphatic carbocycles. The van der Waals surface area contributed by atoms with Gasteiger partial charge in [0.05, 0.1) is 6.04 Å². The zero-order chi connectivity index (χ0) is 13.8. The van der Waals surface area contributed by atoms with Crippen molar-refractivity contribution in [3.8, 4) is 0 Å². The number of hydrogen-bond acceptors (Lipinski definition) is 1. The number of hydrogen-bond donors (Lipinski definition) is 1. The minimum atomic E-state index is -0.0652. The number of rotatable bonds is 4. The van der Waals surface area contributed by atoms with Gasteiger partial charge in [0.2, 0.25) is 0 Å². The van der Waals surface area contributed by atoms with Crippen LogP contribution in [0.25, 0.3) is 0 Å². The van der Waals surface area contributed by atoms with Gasteiger partial charge < -0.3 is 5.73 Å². The summed E-state index contributed by atoms with van der Waals surface area (Å²) in [5.74, 6) is 0.664. The summed E-state index contributed by atoms with van der Waals surface area (Å²) in [6, 6.07) is 16.8. The summed E-state index contributed by atoms with van der Waals surface area (Å²) in [6.45, 7) is 4.47. The van der Waals surface area contributed by atoms with E-state index in [1.54, 1.807) is 0 Å². The van der Waals surface area contributed by atoms with Crippen molar-refractivity contribution in [2.45, 2.75) is 26.3 Å². The SMILES string of the molecule is CC(C)Cc1cccc(C(N)c2cccc(Br)c2)c1. The van der Waals surface area contributed by atoms with Crippen molar-refractivity contribution in [3.63, 3.8) is 0 Å². The summed E-state index contributed by atoms with van der Waals surface area (Å²) in [4.78, 5) is 0. The standard InChI is InChI=1S/C17H20BrN/c1-12(2)9-13-5-3-6-14(10-13)17(19)15-7-4-8-16(18)11-15/h3-8,10-12,17H,9,19H2,1-2H3. The lowest BCUT2D eigenvalue weighted by Crippen LogP contribution is -2.12. The van der Waals surface area contributed by atoms with Crippen LogP contribution < -0.4 is 5.73 Å². The smallest absolute Gasteiger partial charge is 0.0552 e. The fraction of sp³-hybridized carbons (Fsp3) is 0.294. The first-order valence-corrected chi connectivity index (χ1v) is 7.45. The molecule has 0 radical (unpaired) electrons. The predicted molar refractivity (Wildman–Crippen MR) is 85.2 cm³/mol. The third-order valence-electron chi connectivity index (χ3n) is 3.16. The van der Waals surface area contributed by atoms with Gasteiger partial charge >= 0.3 is 0 Å². The maximum atomic E-state index is 6.36. The minimum Gasteiger partial charge on any atom is -0.320 e. The van der Waals surface area contributed by atoms with E-state index in [0.717, 1.165) is 16.5 Å². The molecule has 100 valence electrons. The molecule has 0 aliphatic rings. The molecule has 0 amide bonds. The zero-order valence-electron chi connectivity index (χ0n) is 11.4. The fourth-order valence-corrected chi connectivity index (χ4v) is 2.69. The molecule has 19 heavy (non-hydrogen) atoms. The molecule has 0 aliphatic heterocycles. The van der Waals surface area contributed by atoms with Gasteiger partial charge in [-0.05, 0) is 41.2 Å². The molecule has 2 heteroatoms. The molecule has 0 saturated carbocycles. The fourth-order valence-electron chi connectivity index (χ4n) is 2.28. The van der Waals surface area contributed by atoms with E-state index in [1.807, 2.05) is 12.1 Å². The van der Waals surface area contributed by atoms with Crippen molar-refractivity contribution < 1.29 is 0 Å². The van der Waals surface area contributed by atoms with Crippen LogP contribution in [0.5, 0.6) is 0 Å². The zero-order valence-corrected chi connectivity index (χ0v) is 13.0. The Morgan fingerprint density at radius 3 is 2.26 bits per heavy atom. The maximum Gasteiger partial charge on any atom is 0.0552 e. The van der Waals surface area contributed by atoms with Crippen molar-refractivity contribution >= 4 is 15.9 Å². The highest BCUT2D eigenvalue weighted by Crippen LogP contribution is 2.23. The van der Waals surface area contributed by atoms with Gasteiger partial charge in [0.25, 0.3) is 0 Å². The van der Waals surface area contributed by atoms with Crippen LogP contribution in [-0.2, 0) is 6.42 Å². The summed E-state index contributed by atoms with van der Waals surface area (Å²) < 4.78 is 1.07. The highest BCUT2D eigenvalue weighted by molar-refractivity contribution is 9.10. The second-order valence-electron chi connectivity index (χ2n) is 5.38. The lowest BCUT2D eigenvalue weighted by molar-refractivity contribution is 0.646. The predicted octanol–water partition coefficient (Wildman–Crippen LogP) is 4.70. The molecule has 2 N–H and O–H groups in total. The van der Waals surface area contributed by atoms with Crippen LogP contribution in [0, 0.1) is 5.92 Å².